The number of aryl methyl sites for hydroxylation is 2. The lowest BCUT2D eigenvalue weighted by molar-refractivity contribution is -0.122. The van der Waals surface area contributed by atoms with Crippen LogP contribution < -0.4 is 5.32 Å². The minimum Gasteiger partial charge on any atom is -0.374 e. The number of likely N-dealkylation sites (N-methyl/N-ethyl adjacent to an activating group) is 1. The van der Waals surface area contributed by atoms with Crippen LogP contribution in [0.15, 0.2) is 18.3 Å². The summed E-state index contributed by atoms with van der Waals surface area (Å²) in [6.45, 7) is 3.22. The minimum atomic E-state index is 0.0954. The fourth-order valence-corrected chi connectivity index (χ4v) is 2.30. The molecule has 5 nitrogen and oxygen atoms in total. The molecule has 0 bridgehead atoms. The lowest BCUT2D eigenvalue weighted by atomic mass is 10.2. The van der Waals surface area contributed by atoms with Crippen molar-refractivity contribution < 1.29 is 9.53 Å². The monoisotopic (exact) mass is 265 g/mol. The van der Waals surface area contributed by atoms with Crippen molar-refractivity contribution in [3.63, 3.8) is 0 Å². The van der Waals surface area contributed by atoms with Crippen LogP contribution in [0.2, 0.25) is 0 Å². The van der Waals surface area contributed by atoms with Gasteiger partial charge in [0.05, 0.1) is 12.7 Å². The molecule has 19 heavy (non-hydrogen) atoms. The van der Waals surface area contributed by atoms with Crippen molar-refractivity contribution in [1.82, 2.24) is 14.8 Å². The van der Waals surface area contributed by atoms with Gasteiger partial charge in [-0.2, -0.15) is 0 Å². The number of amides is 1. The molecule has 1 aromatic rings. The third-order valence-corrected chi connectivity index (χ3v) is 3.53. The molecule has 1 aliphatic heterocycles. The van der Waals surface area contributed by atoms with E-state index < -0.39 is 0 Å². The topological polar surface area (TPSA) is 46.5 Å². The molecule has 1 N–H and O–H groups in total. The second-order valence-electron chi connectivity index (χ2n) is 5.17. The summed E-state index contributed by atoms with van der Waals surface area (Å²) in [5.74, 6) is 0.0954. The summed E-state index contributed by atoms with van der Waals surface area (Å²) >= 11 is 0. The van der Waals surface area contributed by atoms with Gasteiger partial charge in [0.2, 0.25) is 5.91 Å². The zero-order valence-electron chi connectivity index (χ0n) is 11.8. The second kappa shape index (κ2) is 6.73. The fraction of sp³-hybridized carbons (Fsp3) is 0.643. The maximum atomic E-state index is 11.8. The third-order valence-electron chi connectivity index (χ3n) is 3.53. The Morgan fingerprint density at radius 3 is 3.05 bits per heavy atom. The van der Waals surface area contributed by atoms with Gasteiger partial charge in [0.1, 0.15) is 0 Å². The van der Waals surface area contributed by atoms with Crippen molar-refractivity contribution in [2.75, 3.05) is 33.3 Å². The van der Waals surface area contributed by atoms with Crippen LogP contribution in [0.4, 0.5) is 0 Å². The van der Waals surface area contributed by atoms with Crippen LogP contribution in [0.5, 0.6) is 0 Å². The lowest BCUT2D eigenvalue weighted by Gasteiger charge is -2.30. The van der Waals surface area contributed by atoms with Crippen LogP contribution in [0.1, 0.15) is 12.1 Å². The van der Waals surface area contributed by atoms with Crippen molar-refractivity contribution in [3.8, 4) is 0 Å². The van der Waals surface area contributed by atoms with Gasteiger partial charge in [-0.15, -0.1) is 0 Å². The summed E-state index contributed by atoms with van der Waals surface area (Å²) < 4.78 is 7.66. The van der Waals surface area contributed by atoms with E-state index in [1.54, 1.807) is 0 Å². The molecule has 1 aromatic heterocycles. The van der Waals surface area contributed by atoms with Gasteiger partial charge >= 0.3 is 0 Å². The number of hydrogen-bond donors (Lipinski definition) is 1. The van der Waals surface area contributed by atoms with Crippen molar-refractivity contribution in [2.45, 2.75) is 18.9 Å². The van der Waals surface area contributed by atoms with Gasteiger partial charge in [0.25, 0.3) is 0 Å². The van der Waals surface area contributed by atoms with E-state index in [9.17, 15) is 4.79 Å². The maximum absolute atomic E-state index is 11.8. The normalized spacial score (nSPS) is 20.4. The Kier molecular flexibility index (Phi) is 4.99. The van der Waals surface area contributed by atoms with Gasteiger partial charge in [0.15, 0.2) is 0 Å². The van der Waals surface area contributed by atoms with Gasteiger partial charge < -0.3 is 19.5 Å². The van der Waals surface area contributed by atoms with Gasteiger partial charge in [-0.1, -0.05) is 0 Å². The first-order valence-electron chi connectivity index (χ1n) is 6.82. The molecule has 1 unspecified atom stereocenters. The smallest absolute Gasteiger partial charge is 0.220 e. The van der Waals surface area contributed by atoms with Crippen molar-refractivity contribution in [1.29, 1.82) is 0 Å². The predicted molar refractivity (Wildman–Crippen MR) is 74.0 cm³/mol. The molecular formula is C14H23N3O2. The highest BCUT2D eigenvalue weighted by Gasteiger charge is 2.18. The number of carbonyl (C=O) groups excluding carboxylic acids is 1. The van der Waals surface area contributed by atoms with Crippen LogP contribution in [0.25, 0.3) is 0 Å². The number of nitrogens with zero attached hydrogens (tertiary/aromatic N) is 2. The molecule has 0 aromatic carbocycles. The summed E-state index contributed by atoms with van der Waals surface area (Å²) in [5.41, 5.74) is 1.18. The summed E-state index contributed by atoms with van der Waals surface area (Å²) in [6.07, 6.45) is 3.43. The number of morpholine rings is 1. The predicted octanol–water partition coefficient (Wildman–Crippen LogP) is 0.405. The average molecular weight is 265 g/mol. The van der Waals surface area contributed by atoms with Gasteiger partial charge in [-0.25, -0.2) is 0 Å². The van der Waals surface area contributed by atoms with Gasteiger partial charge in [-0.05, 0) is 25.6 Å². The van der Waals surface area contributed by atoms with E-state index in [2.05, 4.69) is 17.3 Å². The number of aromatic nitrogens is 1. The van der Waals surface area contributed by atoms with E-state index in [1.165, 1.54) is 5.69 Å². The first-order valence-corrected chi connectivity index (χ1v) is 6.82. The quantitative estimate of drug-likeness (QED) is 0.838. The molecule has 1 amide bonds. The van der Waals surface area contributed by atoms with Crippen LogP contribution in [0.3, 0.4) is 0 Å². The molecule has 0 radical (unpaired) electrons. The van der Waals surface area contributed by atoms with Crippen molar-refractivity contribution in [3.05, 3.63) is 24.0 Å². The van der Waals surface area contributed by atoms with E-state index in [0.29, 0.717) is 13.0 Å². The first-order chi connectivity index (χ1) is 9.15. The van der Waals surface area contributed by atoms with Gasteiger partial charge in [-0.3, -0.25) is 4.79 Å². The van der Waals surface area contributed by atoms with Crippen molar-refractivity contribution in [2.24, 2.45) is 7.05 Å². The lowest BCUT2D eigenvalue weighted by Crippen LogP contribution is -2.45. The van der Waals surface area contributed by atoms with E-state index in [0.717, 1.165) is 26.1 Å². The largest absolute Gasteiger partial charge is 0.374 e. The molecule has 2 rings (SSSR count). The number of carbonyl (C=O) groups is 1. The Labute approximate surface area is 114 Å². The Bertz CT molecular complexity index is 417. The van der Waals surface area contributed by atoms with E-state index >= 15 is 0 Å². The van der Waals surface area contributed by atoms with Crippen LogP contribution in [-0.4, -0.2) is 54.8 Å². The van der Waals surface area contributed by atoms with E-state index in [4.69, 9.17) is 4.74 Å². The second-order valence-corrected chi connectivity index (χ2v) is 5.17. The zero-order valence-corrected chi connectivity index (χ0v) is 11.8. The molecule has 0 aliphatic carbocycles. The number of nitrogens with one attached hydrogen (secondary N) is 1. The Hall–Kier alpha value is -1.33. The molecule has 2 heterocycles. The molecule has 1 aliphatic rings. The number of ether oxygens (including phenoxy) is 1. The first kappa shape index (κ1) is 14.1. The maximum Gasteiger partial charge on any atom is 0.220 e. The Morgan fingerprint density at radius 1 is 1.53 bits per heavy atom. The molecule has 1 atom stereocenters. The molecule has 5 heteroatoms. The van der Waals surface area contributed by atoms with Crippen LogP contribution in [0, 0.1) is 0 Å². The highest BCUT2D eigenvalue weighted by atomic mass is 16.5. The van der Waals surface area contributed by atoms with Gasteiger partial charge in [0, 0.05) is 45.0 Å². The molecular weight excluding hydrogens is 242 g/mol. The summed E-state index contributed by atoms with van der Waals surface area (Å²) in [4.78, 5) is 14.0. The fourth-order valence-electron chi connectivity index (χ4n) is 2.30. The molecule has 1 saturated heterocycles. The molecule has 0 spiro atoms. The standard InChI is InChI=1S/C14H23N3O2/c1-16-8-9-19-13(11-16)10-15-14(18)6-5-12-4-3-7-17(12)2/h3-4,7,13H,5-6,8-11H2,1-2H3,(H,15,18). The summed E-state index contributed by atoms with van der Waals surface area (Å²) in [7, 11) is 4.08. The minimum absolute atomic E-state index is 0.0954. The summed E-state index contributed by atoms with van der Waals surface area (Å²) in [6, 6.07) is 4.05. The Balaban J connectivity index is 1.66. The zero-order chi connectivity index (χ0) is 13.7. The summed E-state index contributed by atoms with van der Waals surface area (Å²) in [5, 5.41) is 2.95. The third kappa shape index (κ3) is 4.36. The average Bonchev–Trinajstić information content (AvgIpc) is 2.80. The number of rotatable bonds is 5. The van der Waals surface area contributed by atoms with E-state index in [-0.39, 0.29) is 12.0 Å². The highest BCUT2D eigenvalue weighted by molar-refractivity contribution is 5.76. The van der Waals surface area contributed by atoms with Crippen LogP contribution in [-0.2, 0) is 23.0 Å². The van der Waals surface area contributed by atoms with Crippen LogP contribution >= 0.6 is 0 Å². The number of hydrogen-bond acceptors (Lipinski definition) is 3. The highest BCUT2D eigenvalue weighted by Crippen LogP contribution is 2.04. The molecule has 1 fully saturated rings. The molecule has 0 saturated carbocycles. The SMILES string of the molecule is CN1CCOC(CNC(=O)CCc2cccn2C)C1. The Morgan fingerprint density at radius 2 is 2.37 bits per heavy atom. The van der Waals surface area contributed by atoms with E-state index in [1.807, 2.05) is 29.9 Å². The molecule has 106 valence electrons. The van der Waals surface area contributed by atoms with Crippen molar-refractivity contribution >= 4 is 5.91 Å².